The summed E-state index contributed by atoms with van der Waals surface area (Å²) in [4.78, 5) is 0. The molecule has 1 saturated carbocycles. The van der Waals surface area contributed by atoms with E-state index in [1.165, 1.54) is 18.2 Å². The molecule has 1 aromatic rings. The summed E-state index contributed by atoms with van der Waals surface area (Å²) in [5.74, 6) is 5.13. The summed E-state index contributed by atoms with van der Waals surface area (Å²) in [7, 11) is 0. The van der Waals surface area contributed by atoms with Crippen LogP contribution in [0.25, 0.3) is 0 Å². The maximum atomic E-state index is 13.4. The van der Waals surface area contributed by atoms with E-state index in [1.54, 1.807) is 0 Å². The molecule has 5 heteroatoms. The number of alkyl halides is 3. The Labute approximate surface area is 114 Å². The molecule has 0 spiro atoms. The summed E-state index contributed by atoms with van der Waals surface area (Å²) in [6.07, 6.45) is -2.77. The van der Waals surface area contributed by atoms with Crippen molar-refractivity contribution in [2.45, 2.75) is 31.4 Å². The second-order valence-electron chi connectivity index (χ2n) is 4.90. The molecule has 102 valence electrons. The maximum Gasteiger partial charge on any atom is 0.408 e. The fraction of sp³-hybridized carbons (Fsp3) is 0.429. The Morgan fingerprint density at radius 1 is 1.32 bits per heavy atom. The van der Waals surface area contributed by atoms with Gasteiger partial charge in [0, 0.05) is 22.2 Å². The van der Waals surface area contributed by atoms with Crippen LogP contribution in [0.15, 0.2) is 18.2 Å². The van der Waals surface area contributed by atoms with Crippen molar-refractivity contribution < 1.29 is 13.2 Å². The van der Waals surface area contributed by atoms with Gasteiger partial charge < -0.3 is 5.73 Å². The van der Waals surface area contributed by atoms with Gasteiger partial charge in [-0.3, -0.25) is 0 Å². The molecule has 1 unspecified atom stereocenters. The van der Waals surface area contributed by atoms with E-state index in [4.69, 9.17) is 17.3 Å². The number of nitrogen functional groups attached to an aromatic ring is 1. The third-order valence-corrected chi connectivity index (χ3v) is 3.46. The lowest BCUT2D eigenvalue weighted by Gasteiger charge is -2.28. The van der Waals surface area contributed by atoms with E-state index in [9.17, 15) is 13.2 Å². The molecule has 1 nitrogen and oxygen atoms in total. The van der Waals surface area contributed by atoms with Gasteiger partial charge in [-0.1, -0.05) is 23.4 Å². The molecule has 1 aliphatic carbocycles. The van der Waals surface area contributed by atoms with Crippen LogP contribution in [0.3, 0.4) is 0 Å². The fourth-order valence-electron chi connectivity index (χ4n) is 1.73. The minimum absolute atomic E-state index is 0.0503. The molecule has 19 heavy (non-hydrogen) atoms. The SMILES string of the molecule is CC(C#CC1CC1)(c1cc(Cl)ccc1N)C(F)(F)F. The molecule has 0 radical (unpaired) electrons. The molecule has 0 heterocycles. The second-order valence-corrected chi connectivity index (χ2v) is 5.33. The van der Waals surface area contributed by atoms with Crippen molar-refractivity contribution in [3.05, 3.63) is 28.8 Å². The van der Waals surface area contributed by atoms with Crippen LogP contribution < -0.4 is 5.73 Å². The van der Waals surface area contributed by atoms with Crippen molar-refractivity contribution in [2.24, 2.45) is 5.92 Å². The largest absolute Gasteiger partial charge is 0.408 e. The highest BCUT2D eigenvalue weighted by atomic mass is 35.5. The van der Waals surface area contributed by atoms with Gasteiger partial charge in [0.05, 0.1) is 0 Å². The van der Waals surface area contributed by atoms with Crippen molar-refractivity contribution in [1.29, 1.82) is 0 Å². The highest BCUT2D eigenvalue weighted by Gasteiger charge is 2.52. The molecular formula is C14H13ClF3N. The van der Waals surface area contributed by atoms with E-state index in [1.807, 2.05) is 0 Å². The molecule has 1 atom stereocenters. The second kappa shape index (κ2) is 4.64. The monoisotopic (exact) mass is 287 g/mol. The molecule has 1 aliphatic rings. The summed E-state index contributed by atoms with van der Waals surface area (Å²) in [5, 5.41) is 0.216. The summed E-state index contributed by atoms with van der Waals surface area (Å²) in [5.41, 5.74) is 3.35. The van der Waals surface area contributed by atoms with Gasteiger partial charge in [-0.2, -0.15) is 13.2 Å². The summed E-state index contributed by atoms with van der Waals surface area (Å²) >= 11 is 5.78. The van der Waals surface area contributed by atoms with Gasteiger partial charge in [-0.05, 0) is 38.0 Å². The number of hydrogen-bond acceptors (Lipinski definition) is 1. The Balaban J connectivity index is 2.54. The lowest BCUT2D eigenvalue weighted by Crippen LogP contribution is -2.39. The first kappa shape index (κ1) is 14.1. The summed E-state index contributed by atoms with van der Waals surface area (Å²) < 4.78 is 40.1. The number of nitrogens with two attached hydrogens (primary N) is 1. The lowest BCUT2D eigenvalue weighted by atomic mass is 9.81. The van der Waals surface area contributed by atoms with Crippen LogP contribution in [0, 0.1) is 17.8 Å². The van der Waals surface area contributed by atoms with Crippen LogP contribution in [-0.2, 0) is 5.41 Å². The molecule has 1 fully saturated rings. The molecular weight excluding hydrogens is 275 g/mol. The van der Waals surface area contributed by atoms with Gasteiger partial charge in [-0.25, -0.2) is 0 Å². The standard InChI is InChI=1S/C14H13ClF3N/c1-13(14(16,17)18,7-6-9-2-3-9)11-8-10(15)4-5-12(11)19/h4-5,8-9H,2-3,19H2,1H3. The van der Waals surface area contributed by atoms with Gasteiger partial charge in [0.2, 0.25) is 0 Å². The van der Waals surface area contributed by atoms with Crippen LogP contribution in [-0.4, -0.2) is 6.18 Å². The number of benzene rings is 1. The Morgan fingerprint density at radius 2 is 1.95 bits per heavy atom. The van der Waals surface area contributed by atoms with Gasteiger partial charge in [0.15, 0.2) is 5.41 Å². The fourth-order valence-corrected chi connectivity index (χ4v) is 1.90. The minimum atomic E-state index is -4.51. The first-order valence-electron chi connectivity index (χ1n) is 5.89. The van der Waals surface area contributed by atoms with Crippen molar-refractivity contribution in [3.8, 4) is 11.8 Å². The molecule has 0 saturated heterocycles. The molecule has 2 rings (SSSR count). The average Bonchev–Trinajstić information content (AvgIpc) is 3.11. The number of anilines is 1. The zero-order valence-electron chi connectivity index (χ0n) is 10.3. The molecule has 2 N–H and O–H groups in total. The van der Waals surface area contributed by atoms with Crippen LogP contribution in [0.2, 0.25) is 5.02 Å². The minimum Gasteiger partial charge on any atom is -0.398 e. The van der Waals surface area contributed by atoms with E-state index in [2.05, 4.69) is 11.8 Å². The third-order valence-electron chi connectivity index (χ3n) is 3.22. The molecule has 0 aromatic heterocycles. The maximum absolute atomic E-state index is 13.4. The molecule has 1 aromatic carbocycles. The Morgan fingerprint density at radius 3 is 2.47 bits per heavy atom. The number of rotatable bonds is 1. The van der Waals surface area contributed by atoms with Crippen LogP contribution in [0.5, 0.6) is 0 Å². The van der Waals surface area contributed by atoms with E-state index in [0.717, 1.165) is 19.8 Å². The van der Waals surface area contributed by atoms with Crippen LogP contribution >= 0.6 is 11.6 Å². The van der Waals surface area contributed by atoms with Crippen LogP contribution in [0.1, 0.15) is 25.3 Å². The Kier molecular flexibility index (Phi) is 3.44. The van der Waals surface area contributed by atoms with Crippen molar-refractivity contribution in [3.63, 3.8) is 0 Å². The van der Waals surface area contributed by atoms with E-state index < -0.39 is 11.6 Å². The highest BCUT2D eigenvalue weighted by Crippen LogP contribution is 2.44. The van der Waals surface area contributed by atoms with Crippen LogP contribution in [0.4, 0.5) is 18.9 Å². The molecule has 0 bridgehead atoms. The zero-order valence-corrected chi connectivity index (χ0v) is 11.1. The first-order valence-corrected chi connectivity index (χ1v) is 6.27. The topological polar surface area (TPSA) is 26.0 Å². The number of halogens is 4. The zero-order chi connectivity index (χ0) is 14.3. The normalized spacial score (nSPS) is 18.4. The Hall–Kier alpha value is -1.34. The summed E-state index contributed by atoms with van der Waals surface area (Å²) in [6, 6.07) is 4.08. The van der Waals surface area contributed by atoms with Gasteiger partial charge in [-0.15, -0.1) is 0 Å². The van der Waals surface area contributed by atoms with E-state index in [0.29, 0.717) is 0 Å². The third kappa shape index (κ3) is 2.82. The molecule has 0 aliphatic heterocycles. The highest BCUT2D eigenvalue weighted by molar-refractivity contribution is 6.30. The molecule has 0 amide bonds. The lowest BCUT2D eigenvalue weighted by molar-refractivity contribution is -0.167. The van der Waals surface area contributed by atoms with Gasteiger partial charge in [0.1, 0.15) is 0 Å². The quantitative estimate of drug-likeness (QED) is 0.609. The summed E-state index contributed by atoms with van der Waals surface area (Å²) in [6.45, 7) is 1.05. The smallest absolute Gasteiger partial charge is 0.398 e. The predicted octanol–water partition coefficient (Wildman–Crippen LogP) is 4.16. The predicted molar refractivity (Wildman–Crippen MR) is 69.8 cm³/mol. The van der Waals surface area contributed by atoms with E-state index >= 15 is 0 Å². The number of hydrogen-bond donors (Lipinski definition) is 1. The van der Waals surface area contributed by atoms with Gasteiger partial charge in [0.25, 0.3) is 0 Å². The first-order chi connectivity index (χ1) is 8.74. The van der Waals surface area contributed by atoms with E-state index in [-0.39, 0.29) is 22.2 Å². The van der Waals surface area contributed by atoms with Gasteiger partial charge >= 0.3 is 6.18 Å². The Bertz CT molecular complexity index is 552. The average molecular weight is 288 g/mol. The van der Waals surface area contributed by atoms with Crippen molar-refractivity contribution >= 4 is 17.3 Å². The van der Waals surface area contributed by atoms with Crippen molar-refractivity contribution in [2.75, 3.05) is 5.73 Å². The van der Waals surface area contributed by atoms with Crippen molar-refractivity contribution in [1.82, 2.24) is 0 Å².